The van der Waals surface area contributed by atoms with Crippen LogP contribution < -0.4 is 0 Å². The second kappa shape index (κ2) is 5.03. The van der Waals surface area contributed by atoms with Crippen LogP contribution in [-0.2, 0) is 12.8 Å². The first-order valence-electron chi connectivity index (χ1n) is 6.88. The van der Waals surface area contributed by atoms with E-state index < -0.39 is 0 Å². The highest BCUT2D eigenvalue weighted by Crippen LogP contribution is 2.35. The molecule has 0 aliphatic heterocycles. The first-order chi connectivity index (χ1) is 7.76. The fraction of sp³-hybridized carbons (Fsp3) is 0.625. The fourth-order valence-electron chi connectivity index (χ4n) is 3.24. The monoisotopic (exact) mass is 216 g/mol. The van der Waals surface area contributed by atoms with Crippen LogP contribution in [0, 0.1) is 6.92 Å². The molecule has 88 valence electrons. The van der Waals surface area contributed by atoms with Crippen LogP contribution in [0.15, 0.2) is 12.1 Å². The van der Waals surface area contributed by atoms with Crippen molar-refractivity contribution >= 4 is 0 Å². The summed E-state index contributed by atoms with van der Waals surface area (Å²) in [6.07, 6.45) is 8.05. The number of rotatable bonds is 3. The lowest BCUT2D eigenvalue weighted by Gasteiger charge is -2.16. The van der Waals surface area contributed by atoms with Crippen LogP contribution in [0.5, 0.6) is 0 Å². The van der Waals surface area contributed by atoms with Gasteiger partial charge in [0, 0.05) is 0 Å². The first kappa shape index (κ1) is 11.7. The van der Waals surface area contributed by atoms with Crippen LogP contribution in [0.1, 0.15) is 67.7 Å². The van der Waals surface area contributed by atoms with Gasteiger partial charge in [0.15, 0.2) is 0 Å². The van der Waals surface area contributed by atoms with Crippen molar-refractivity contribution in [1.29, 1.82) is 0 Å². The third-order valence-electron chi connectivity index (χ3n) is 4.15. The van der Waals surface area contributed by atoms with Crippen molar-refractivity contribution < 1.29 is 0 Å². The van der Waals surface area contributed by atoms with Gasteiger partial charge in [-0.2, -0.15) is 0 Å². The topological polar surface area (TPSA) is 0 Å². The molecular weight excluding hydrogens is 192 g/mol. The maximum Gasteiger partial charge on any atom is -0.0162 e. The Kier molecular flexibility index (Phi) is 3.68. The minimum absolute atomic E-state index is 0.856. The molecule has 16 heavy (non-hydrogen) atoms. The summed E-state index contributed by atoms with van der Waals surface area (Å²) in [6, 6.07) is 4.94. The summed E-state index contributed by atoms with van der Waals surface area (Å²) >= 11 is 0. The SMILES string of the molecule is CCc1cc(C2CCCC2)cc(C)c1CC. The van der Waals surface area contributed by atoms with Gasteiger partial charge in [0.2, 0.25) is 0 Å². The zero-order valence-corrected chi connectivity index (χ0v) is 11.0. The molecule has 0 heteroatoms. The molecule has 1 fully saturated rings. The van der Waals surface area contributed by atoms with Crippen molar-refractivity contribution in [2.24, 2.45) is 0 Å². The molecule has 1 aliphatic carbocycles. The summed E-state index contributed by atoms with van der Waals surface area (Å²) in [6.45, 7) is 6.85. The Morgan fingerprint density at radius 2 is 1.75 bits per heavy atom. The number of benzene rings is 1. The van der Waals surface area contributed by atoms with Crippen LogP contribution >= 0.6 is 0 Å². The second-order valence-electron chi connectivity index (χ2n) is 5.16. The van der Waals surface area contributed by atoms with E-state index in [4.69, 9.17) is 0 Å². The summed E-state index contributed by atoms with van der Waals surface area (Å²) in [5, 5.41) is 0. The molecule has 1 saturated carbocycles. The highest BCUT2D eigenvalue weighted by Gasteiger charge is 2.18. The Labute approximate surface area is 100 Å². The van der Waals surface area contributed by atoms with E-state index in [0.717, 1.165) is 5.92 Å². The van der Waals surface area contributed by atoms with Gasteiger partial charge in [-0.15, -0.1) is 0 Å². The molecule has 0 heterocycles. The van der Waals surface area contributed by atoms with Crippen LogP contribution in [0.4, 0.5) is 0 Å². The Bertz CT molecular complexity index is 357. The molecule has 0 radical (unpaired) electrons. The van der Waals surface area contributed by atoms with Crippen LogP contribution in [-0.4, -0.2) is 0 Å². The van der Waals surface area contributed by atoms with Gasteiger partial charge in [-0.25, -0.2) is 0 Å². The standard InChI is InChI=1S/C16H24/c1-4-13-11-15(14-8-6-7-9-14)10-12(3)16(13)5-2/h10-11,14H,4-9H2,1-3H3. The summed E-state index contributed by atoms with van der Waals surface area (Å²) in [7, 11) is 0. The van der Waals surface area contributed by atoms with E-state index in [1.807, 2.05) is 0 Å². The van der Waals surface area contributed by atoms with Gasteiger partial charge < -0.3 is 0 Å². The van der Waals surface area contributed by atoms with Crippen LogP contribution in [0.3, 0.4) is 0 Å². The number of hydrogen-bond donors (Lipinski definition) is 0. The van der Waals surface area contributed by atoms with E-state index in [9.17, 15) is 0 Å². The normalized spacial score (nSPS) is 16.9. The third kappa shape index (κ3) is 2.16. The van der Waals surface area contributed by atoms with Gasteiger partial charge in [0.1, 0.15) is 0 Å². The van der Waals surface area contributed by atoms with Crippen LogP contribution in [0.25, 0.3) is 0 Å². The zero-order valence-electron chi connectivity index (χ0n) is 11.0. The van der Waals surface area contributed by atoms with Crippen molar-refractivity contribution in [1.82, 2.24) is 0 Å². The van der Waals surface area contributed by atoms with Gasteiger partial charge in [-0.05, 0) is 60.8 Å². The quantitative estimate of drug-likeness (QED) is 0.682. The smallest absolute Gasteiger partial charge is 0.0162 e. The minimum atomic E-state index is 0.856. The van der Waals surface area contributed by atoms with Crippen LogP contribution in [0.2, 0.25) is 0 Å². The molecular formula is C16H24. The summed E-state index contributed by atoms with van der Waals surface area (Å²) in [5.74, 6) is 0.856. The van der Waals surface area contributed by atoms with E-state index in [2.05, 4.69) is 32.9 Å². The lowest BCUT2D eigenvalue weighted by atomic mass is 9.89. The summed E-state index contributed by atoms with van der Waals surface area (Å²) in [4.78, 5) is 0. The molecule has 1 aliphatic rings. The lowest BCUT2D eigenvalue weighted by molar-refractivity contribution is 0.719. The third-order valence-corrected chi connectivity index (χ3v) is 4.15. The highest BCUT2D eigenvalue weighted by molar-refractivity contribution is 5.40. The predicted octanol–water partition coefficient (Wildman–Crippen LogP) is 4.78. The molecule has 1 aromatic carbocycles. The minimum Gasteiger partial charge on any atom is -0.0613 e. The van der Waals surface area contributed by atoms with Crippen molar-refractivity contribution in [3.63, 3.8) is 0 Å². The molecule has 2 rings (SSSR count). The van der Waals surface area contributed by atoms with Gasteiger partial charge in [0.25, 0.3) is 0 Å². The molecule has 0 aromatic heterocycles. The average Bonchev–Trinajstić information content (AvgIpc) is 2.81. The second-order valence-corrected chi connectivity index (χ2v) is 5.16. The zero-order chi connectivity index (χ0) is 11.5. The predicted molar refractivity (Wildman–Crippen MR) is 71.1 cm³/mol. The van der Waals surface area contributed by atoms with E-state index >= 15 is 0 Å². The molecule has 0 amide bonds. The van der Waals surface area contributed by atoms with Crippen molar-refractivity contribution in [2.45, 2.75) is 65.2 Å². The maximum absolute atomic E-state index is 2.49. The van der Waals surface area contributed by atoms with Crippen molar-refractivity contribution in [3.8, 4) is 0 Å². The van der Waals surface area contributed by atoms with Gasteiger partial charge in [0.05, 0.1) is 0 Å². The van der Waals surface area contributed by atoms with Gasteiger partial charge >= 0.3 is 0 Å². The Morgan fingerprint density at radius 3 is 2.31 bits per heavy atom. The molecule has 0 atom stereocenters. The molecule has 0 nitrogen and oxygen atoms in total. The fourth-order valence-corrected chi connectivity index (χ4v) is 3.24. The molecule has 1 aromatic rings. The van der Waals surface area contributed by atoms with E-state index in [0.29, 0.717) is 0 Å². The highest BCUT2D eigenvalue weighted by atomic mass is 14.2. The molecule has 0 bridgehead atoms. The van der Waals surface area contributed by atoms with E-state index in [1.54, 1.807) is 16.7 Å². The molecule has 0 saturated heterocycles. The van der Waals surface area contributed by atoms with Gasteiger partial charge in [-0.3, -0.25) is 0 Å². The maximum atomic E-state index is 2.49. The number of aryl methyl sites for hydroxylation is 2. The largest absolute Gasteiger partial charge is 0.0613 e. The van der Waals surface area contributed by atoms with Gasteiger partial charge in [-0.1, -0.05) is 38.8 Å². The molecule has 0 unspecified atom stereocenters. The lowest BCUT2D eigenvalue weighted by Crippen LogP contribution is -2.00. The van der Waals surface area contributed by atoms with Crippen molar-refractivity contribution in [2.75, 3.05) is 0 Å². The molecule has 0 N–H and O–H groups in total. The van der Waals surface area contributed by atoms with E-state index in [-0.39, 0.29) is 0 Å². The summed E-state index contributed by atoms with van der Waals surface area (Å²) < 4.78 is 0. The number of hydrogen-bond acceptors (Lipinski definition) is 0. The Hall–Kier alpha value is -0.780. The Morgan fingerprint density at radius 1 is 1.06 bits per heavy atom. The van der Waals surface area contributed by atoms with E-state index in [1.165, 1.54) is 44.1 Å². The molecule has 0 spiro atoms. The summed E-state index contributed by atoms with van der Waals surface area (Å²) in [5.41, 5.74) is 6.31. The average molecular weight is 216 g/mol. The van der Waals surface area contributed by atoms with Crippen molar-refractivity contribution in [3.05, 3.63) is 34.4 Å². The first-order valence-corrected chi connectivity index (χ1v) is 6.88. The Balaban J connectivity index is 2.36.